The van der Waals surface area contributed by atoms with Crippen molar-refractivity contribution in [3.63, 3.8) is 0 Å². The fraction of sp³-hybridized carbons (Fsp3) is 0.312. The summed E-state index contributed by atoms with van der Waals surface area (Å²) in [6.07, 6.45) is 2.77. The molecule has 1 fully saturated rings. The fourth-order valence-electron chi connectivity index (χ4n) is 2.32. The maximum Gasteiger partial charge on any atom is 0.154 e. The molecule has 1 aliphatic carbocycles. The number of hydrogen-bond acceptors (Lipinski definition) is 4. The number of thiazole rings is 1. The summed E-state index contributed by atoms with van der Waals surface area (Å²) in [7, 11) is 0. The van der Waals surface area contributed by atoms with Gasteiger partial charge in [0.15, 0.2) is 5.76 Å². The highest BCUT2D eigenvalue weighted by Crippen LogP contribution is 2.29. The van der Waals surface area contributed by atoms with Crippen LogP contribution in [0.1, 0.15) is 17.8 Å². The first-order valence-electron chi connectivity index (χ1n) is 7.02. The number of benzene rings is 1. The Morgan fingerprint density at radius 2 is 2.20 bits per heavy atom. The molecule has 1 aromatic carbocycles. The molecular formula is C16H16N2OS. The van der Waals surface area contributed by atoms with E-state index in [-0.39, 0.29) is 0 Å². The molecule has 20 heavy (non-hydrogen) atoms. The Morgan fingerprint density at radius 1 is 1.30 bits per heavy atom. The van der Waals surface area contributed by atoms with Crippen LogP contribution in [0.2, 0.25) is 0 Å². The number of furan rings is 1. The van der Waals surface area contributed by atoms with Crippen LogP contribution < -0.4 is 5.32 Å². The van der Waals surface area contributed by atoms with Crippen molar-refractivity contribution in [1.29, 1.82) is 0 Å². The average molecular weight is 284 g/mol. The molecule has 2 aromatic heterocycles. The van der Waals surface area contributed by atoms with Crippen LogP contribution in [0.5, 0.6) is 0 Å². The molecule has 0 saturated heterocycles. The molecule has 0 aliphatic heterocycles. The zero-order valence-electron chi connectivity index (χ0n) is 11.1. The number of nitrogens with zero attached hydrogens (tertiary/aromatic N) is 1. The second-order valence-electron chi connectivity index (χ2n) is 5.35. The van der Waals surface area contributed by atoms with Gasteiger partial charge in [0.05, 0.1) is 0 Å². The molecule has 0 spiro atoms. The summed E-state index contributed by atoms with van der Waals surface area (Å²) in [6.45, 7) is 1.99. The maximum absolute atomic E-state index is 5.84. The highest BCUT2D eigenvalue weighted by atomic mass is 32.1. The summed E-state index contributed by atoms with van der Waals surface area (Å²) in [6, 6.07) is 10.1. The molecule has 0 atom stereocenters. The van der Waals surface area contributed by atoms with E-state index in [4.69, 9.17) is 4.42 Å². The summed E-state index contributed by atoms with van der Waals surface area (Å²) in [4.78, 5) is 4.66. The van der Waals surface area contributed by atoms with Crippen LogP contribution in [0.15, 0.2) is 40.1 Å². The molecule has 0 amide bonds. The lowest BCUT2D eigenvalue weighted by Gasteiger charge is -1.98. The third-order valence-electron chi connectivity index (χ3n) is 3.64. The van der Waals surface area contributed by atoms with Crippen molar-refractivity contribution in [2.75, 3.05) is 6.54 Å². The Morgan fingerprint density at radius 3 is 3.05 bits per heavy atom. The Bertz CT molecular complexity index is 694. The van der Waals surface area contributed by atoms with Crippen molar-refractivity contribution >= 4 is 22.3 Å². The highest BCUT2D eigenvalue weighted by Gasteiger charge is 2.20. The van der Waals surface area contributed by atoms with Gasteiger partial charge in [-0.25, -0.2) is 4.98 Å². The topological polar surface area (TPSA) is 38.1 Å². The smallest absolute Gasteiger partial charge is 0.154 e. The lowest BCUT2D eigenvalue weighted by Crippen LogP contribution is -2.15. The van der Waals surface area contributed by atoms with Crippen LogP contribution in [0.3, 0.4) is 0 Å². The number of para-hydroxylation sites is 1. The van der Waals surface area contributed by atoms with Crippen LogP contribution in [-0.2, 0) is 6.54 Å². The van der Waals surface area contributed by atoms with Gasteiger partial charge in [0.2, 0.25) is 0 Å². The van der Waals surface area contributed by atoms with E-state index in [0.29, 0.717) is 0 Å². The van der Waals surface area contributed by atoms with Gasteiger partial charge in [0.25, 0.3) is 0 Å². The molecule has 0 bridgehead atoms. The molecule has 1 saturated carbocycles. The minimum atomic E-state index is 0.857. The molecule has 1 N–H and O–H groups in total. The molecule has 4 rings (SSSR count). The van der Waals surface area contributed by atoms with Gasteiger partial charge in [0.1, 0.15) is 16.3 Å². The van der Waals surface area contributed by atoms with Crippen molar-refractivity contribution in [1.82, 2.24) is 10.3 Å². The molecule has 0 radical (unpaired) electrons. The van der Waals surface area contributed by atoms with E-state index in [1.165, 1.54) is 12.8 Å². The van der Waals surface area contributed by atoms with E-state index in [9.17, 15) is 0 Å². The second-order valence-corrected chi connectivity index (χ2v) is 6.29. The predicted molar refractivity (Wildman–Crippen MR) is 81.8 cm³/mol. The van der Waals surface area contributed by atoms with Crippen LogP contribution in [-0.4, -0.2) is 11.5 Å². The van der Waals surface area contributed by atoms with Crippen molar-refractivity contribution < 1.29 is 4.42 Å². The van der Waals surface area contributed by atoms with E-state index >= 15 is 0 Å². The first-order chi connectivity index (χ1) is 9.88. The predicted octanol–water partition coefficient (Wildman–Crippen LogP) is 4.06. The van der Waals surface area contributed by atoms with E-state index < -0.39 is 0 Å². The minimum Gasteiger partial charge on any atom is -0.454 e. The molecule has 2 heterocycles. The van der Waals surface area contributed by atoms with E-state index in [2.05, 4.69) is 27.8 Å². The van der Waals surface area contributed by atoms with Gasteiger partial charge in [-0.1, -0.05) is 18.2 Å². The third kappa shape index (κ3) is 2.49. The summed E-state index contributed by atoms with van der Waals surface area (Å²) in [5.41, 5.74) is 1.86. The SMILES string of the molecule is c1ccc2oc(-c3csc(CNCC4CC4)n3)cc2c1. The maximum atomic E-state index is 5.84. The van der Waals surface area contributed by atoms with Crippen molar-refractivity contribution in [2.45, 2.75) is 19.4 Å². The number of fused-ring (bicyclic) bond motifs is 1. The van der Waals surface area contributed by atoms with Gasteiger partial charge in [-0.2, -0.15) is 0 Å². The number of nitrogens with one attached hydrogen (secondary N) is 1. The Kier molecular flexibility index (Phi) is 3.05. The van der Waals surface area contributed by atoms with Gasteiger partial charge in [-0.05, 0) is 37.4 Å². The molecule has 3 nitrogen and oxygen atoms in total. The highest BCUT2D eigenvalue weighted by molar-refractivity contribution is 7.09. The lowest BCUT2D eigenvalue weighted by molar-refractivity contribution is 0.624. The Balaban J connectivity index is 1.51. The standard InChI is InChI=1S/C16H16N2OS/c1-2-4-14-12(3-1)7-15(19-14)13-10-20-16(18-13)9-17-8-11-5-6-11/h1-4,7,10-11,17H,5-6,8-9H2. The van der Waals surface area contributed by atoms with Crippen molar-refractivity contribution in [2.24, 2.45) is 5.92 Å². The Labute approximate surface area is 121 Å². The zero-order valence-corrected chi connectivity index (χ0v) is 12.0. The van der Waals surface area contributed by atoms with E-state index in [1.54, 1.807) is 11.3 Å². The number of hydrogen-bond donors (Lipinski definition) is 1. The monoisotopic (exact) mass is 284 g/mol. The lowest BCUT2D eigenvalue weighted by atomic mass is 10.2. The first kappa shape index (κ1) is 12.1. The molecule has 0 unspecified atom stereocenters. The third-order valence-corrected chi connectivity index (χ3v) is 4.48. The average Bonchev–Trinajstić information content (AvgIpc) is 3.01. The summed E-state index contributed by atoms with van der Waals surface area (Å²) < 4.78 is 5.84. The van der Waals surface area contributed by atoms with Gasteiger partial charge in [0, 0.05) is 17.3 Å². The van der Waals surface area contributed by atoms with Crippen molar-refractivity contribution in [3.8, 4) is 11.5 Å². The van der Waals surface area contributed by atoms with Crippen molar-refractivity contribution in [3.05, 3.63) is 40.7 Å². The number of aromatic nitrogens is 1. The van der Waals surface area contributed by atoms with Crippen LogP contribution in [0.4, 0.5) is 0 Å². The van der Waals surface area contributed by atoms with E-state index in [0.717, 1.165) is 46.4 Å². The van der Waals surface area contributed by atoms with Crippen LogP contribution in [0.25, 0.3) is 22.4 Å². The van der Waals surface area contributed by atoms with Gasteiger partial charge < -0.3 is 9.73 Å². The molecule has 3 aromatic rings. The fourth-order valence-corrected chi connectivity index (χ4v) is 3.07. The minimum absolute atomic E-state index is 0.857. The quantitative estimate of drug-likeness (QED) is 0.768. The Hall–Kier alpha value is -1.65. The summed E-state index contributed by atoms with van der Waals surface area (Å²) in [5.74, 6) is 1.76. The van der Waals surface area contributed by atoms with Gasteiger partial charge in [-0.3, -0.25) is 0 Å². The van der Waals surface area contributed by atoms with Crippen LogP contribution >= 0.6 is 11.3 Å². The molecule has 1 aliphatic rings. The molecular weight excluding hydrogens is 268 g/mol. The van der Waals surface area contributed by atoms with Crippen LogP contribution in [0, 0.1) is 5.92 Å². The van der Waals surface area contributed by atoms with Gasteiger partial charge in [-0.15, -0.1) is 11.3 Å². The normalized spacial score (nSPS) is 15.0. The largest absolute Gasteiger partial charge is 0.454 e. The number of rotatable bonds is 5. The van der Waals surface area contributed by atoms with E-state index in [1.807, 2.05) is 18.2 Å². The first-order valence-corrected chi connectivity index (χ1v) is 7.90. The summed E-state index contributed by atoms with van der Waals surface area (Å²) >= 11 is 1.69. The van der Waals surface area contributed by atoms with Gasteiger partial charge >= 0.3 is 0 Å². The molecule has 102 valence electrons. The second kappa shape index (κ2) is 5.04. The zero-order chi connectivity index (χ0) is 13.4. The molecule has 4 heteroatoms. The summed E-state index contributed by atoms with van der Waals surface area (Å²) in [5, 5.41) is 7.80.